The van der Waals surface area contributed by atoms with E-state index < -0.39 is 14.6 Å². The van der Waals surface area contributed by atoms with E-state index in [0.29, 0.717) is 11.4 Å². The molecule has 1 unspecified atom stereocenters. The van der Waals surface area contributed by atoms with Crippen LogP contribution in [0.25, 0.3) is 0 Å². The van der Waals surface area contributed by atoms with Crippen molar-refractivity contribution >= 4 is 26.0 Å². The molecule has 0 bridgehead atoms. The molecule has 0 aromatic carbocycles. The van der Waals surface area contributed by atoms with Gasteiger partial charge in [0.05, 0.1) is 0 Å². The van der Waals surface area contributed by atoms with Crippen molar-refractivity contribution in [2.45, 2.75) is 73.1 Å². The molecular weight excluding hydrogens is 430 g/mol. The fourth-order valence-corrected chi connectivity index (χ4v) is 6.22. The lowest BCUT2D eigenvalue weighted by Crippen LogP contribution is -1.86. The van der Waals surface area contributed by atoms with Crippen molar-refractivity contribution in [1.29, 1.82) is 0 Å². The molecular formula is C20H36O6P2S. The molecule has 0 rings (SSSR count). The molecule has 0 aliphatic carbocycles. The fourth-order valence-electron chi connectivity index (χ4n) is 2.42. The first-order valence-corrected chi connectivity index (χ1v) is 14.3. The number of phosphoric acid groups is 1. The number of rotatable bonds is 14. The molecule has 168 valence electrons. The Bertz CT molecular complexity index is 714. The topological polar surface area (TPSA) is 104 Å². The lowest BCUT2D eigenvalue weighted by atomic mass is 10.0. The molecule has 0 heterocycles. The van der Waals surface area contributed by atoms with Crippen molar-refractivity contribution < 1.29 is 28.1 Å². The maximum absolute atomic E-state index is 11.5. The van der Waals surface area contributed by atoms with Gasteiger partial charge in [-0.3, -0.25) is 0 Å². The molecule has 29 heavy (non-hydrogen) atoms. The molecule has 0 aromatic heterocycles. The Balaban J connectivity index is 4.20. The molecule has 0 aliphatic rings. The minimum Gasteiger partial charge on any atom is -0.316 e. The highest BCUT2D eigenvalue weighted by Crippen LogP contribution is 2.64. The van der Waals surface area contributed by atoms with Gasteiger partial charge in [0.2, 0.25) is 0 Å². The number of hydrogen-bond donors (Lipinski definition) is 3. The summed E-state index contributed by atoms with van der Waals surface area (Å²) in [5.74, 6) is 0.152. The first-order valence-electron chi connectivity index (χ1n) is 9.65. The van der Waals surface area contributed by atoms with E-state index in [0.717, 1.165) is 44.1 Å². The van der Waals surface area contributed by atoms with Crippen LogP contribution in [0.3, 0.4) is 0 Å². The molecule has 0 fully saturated rings. The van der Waals surface area contributed by atoms with E-state index in [1.807, 2.05) is 6.92 Å². The summed E-state index contributed by atoms with van der Waals surface area (Å²) in [6.07, 6.45) is 14.6. The van der Waals surface area contributed by atoms with Crippen LogP contribution in [0.2, 0.25) is 0 Å². The van der Waals surface area contributed by atoms with Crippen molar-refractivity contribution in [3.8, 4) is 0 Å². The molecule has 0 aromatic rings. The summed E-state index contributed by atoms with van der Waals surface area (Å²) in [7, 11) is -4.97. The molecule has 1 atom stereocenters. The molecule has 0 radical (unpaired) electrons. The van der Waals surface area contributed by atoms with E-state index in [2.05, 4.69) is 50.2 Å². The van der Waals surface area contributed by atoms with Gasteiger partial charge in [-0.1, -0.05) is 46.6 Å². The standard InChI is InChI=1S/C20H36O6P2S/c1-17(2)9-6-10-18(3)11-7-12-19(4)13-8-14-20(5)15-16-29-28(24,25)26-27(21,22)23/h9,11,13,15H,6-8,10,12,14,16H2,1-5H3,(H,24,25)(H2,21,22,23)/b18-11+,19-13?,20-15?. The van der Waals surface area contributed by atoms with Crippen LogP contribution in [0.15, 0.2) is 46.6 Å². The zero-order valence-corrected chi connectivity index (χ0v) is 20.7. The smallest absolute Gasteiger partial charge is 0.316 e. The monoisotopic (exact) mass is 466 g/mol. The summed E-state index contributed by atoms with van der Waals surface area (Å²) in [5, 5.41) is 0. The molecule has 3 N–H and O–H groups in total. The third-order valence-corrected chi connectivity index (χ3v) is 8.38. The Morgan fingerprint density at radius 1 is 0.759 bits per heavy atom. The van der Waals surface area contributed by atoms with Gasteiger partial charge in [0, 0.05) is 5.75 Å². The van der Waals surface area contributed by atoms with E-state index in [1.165, 1.54) is 16.7 Å². The van der Waals surface area contributed by atoms with Gasteiger partial charge in [-0.2, -0.15) is 4.31 Å². The van der Waals surface area contributed by atoms with E-state index >= 15 is 0 Å². The van der Waals surface area contributed by atoms with Gasteiger partial charge in [0.1, 0.15) is 0 Å². The van der Waals surface area contributed by atoms with Crippen molar-refractivity contribution in [3.05, 3.63) is 46.6 Å². The Kier molecular flexibility index (Phi) is 14.4. The SMILES string of the molecule is CC(C)=CCC/C(C)=C/CCC(C)=CCCC(C)=CCSP(=O)(O)OP(=O)(O)O. The van der Waals surface area contributed by atoms with Crippen LogP contribution in [-0.4, -0.2) is 20.4 Å². The van der Waals surface area contributed by atoms with Crippen LogP contribution in [0.5, 0.6) is 0 Å². The molecule has 0 spiro atoms. The van der Waals surface area contributed by atoms with Gasteiger partial charge in [-0.25, -0.2) is 9.13 Å². The molecule has 6 nitrogen and oxygen atoms in total. The minimum absolute atomic E-state index is 0.152. The maximum atomic E-state index is 11.5. The minimum atomic E-state index is -4.97. The average Bonchev–Trinajstić information content (AvgIpc) is 2.51. The summed E-state index contributed by atoms with van der Waals surface area (Å²) in [5.41, 5.74) is 5.18. The second-order valence-corrected chi connectivity index (χ2v) is 12.7. The summed E-state index contributed by atoms with van der Waals surface area (Å²) < 4.78 is 26.0. The second-order valence-electron chi connectivity index (χ2n) is 7.39. The van der Waals surface area contributed by atoms with Crippen LogP contribution in [0.4, 0.5) is 0 Å². The third kappa shape index (κ3) is 19.3. The molecule has 0 saturated heterocycles. The summed E-state index contributed by atoms with van der Waals surface area (Å²) in [4.78, 5) is 26.6. The predicted octanol–water partition coefficient (Wildman–Crippen LogP) is 7.08. The molecule has 0 saturated carbocycles. The molecule has 0 aliphatic heterocycles. The highest BCUT2D eigenvalue weighted by Gasteiger charge is 2.30. The lowest BCUT2D eigenvalue weighted by molar-refractivity contribution is 0.270. The number of hydrogen-bond acceptors (Lipinski definition) is 4. The highest BCUT2D eigenvalue weighted by atomic mass is 32.7. The van der Waals surface area contributed by atoms with Gasteiger partial charge in [0.15, 0.2) is 0 Å². The summed E-state index contributed by atoms with van der Waals surface area (Å²) in [6, 6.07) is 0. The Hall–Kier alpha value is -0.390. The normalized spacial score (nSPS) is 15.9. The van der Waals surface area contributed by atoms with Crippen molar-refractivity contribution in [2.24, 2.45) is 0 Å². The lowest BCUT2D eigenvalue weighted by Gasteiger charge is -2.10. The second kappa shape index (κ2) is 14.6. The van der Waals surface area contributed by atoms with Gasteiger partial charge in [-0.15, -0.1) is 0 Å². The average molecular weight is 467 g/mol. The van der Waals surface area contributed by atoms with Crippen LogP contribution < -0.4 is 0 Å². The summed E-state index contributed by atoms with van der Waals surface area (Å²) >= 11 is 0.489. The van der Waals surface area contributed by atoms with E-state index in [-0.39, 0.29) is 5.75 Å². The molecule has 9 heteroatoms. The van der Waals surface area contributed by atoms with Crippen molar-refractivity contribution in [3.63, 3.8) is 0 Å². The number of allylic oxidation sites excluding steroid dienone is 7. The van der Waals surface area contributed by atoms with Crippen molar-refractivity contribution in [2.75, 3.05) is 5.75 Å². The third-order valence-electron chi connectivity index (χ3n) is 4.03. The zero-order valence-electron chi connectivity index (χ0n) is 18.1. The van der Waals surface area contributed by atoms with Gasteiger partial charge in [0.25, 0.3) is 0 Å². The van der Waals surface area contributed by atoms with Crippen LogP contribution >= 0.6 is 26.0 Å². The van der Waals surface area contributed by atoms with E-state index in [4.69, 9.17) is 9.79 Å². The maximum Gasteiger partial charge on any atom is 0.477 e. The van der Waals surface area contributed by atoms with Gasteiger partial charge < -0.3 is 14.7 Å². The van der Waals surface area contributed by atoms with E-state index in [9.17, 15) is 14.0 Å². The molecule has 0 amide bonds. The van der Waals surface area contributed by atoms with Crippen LogP contribution in [0.1, 0.15) is 73.1 Å². The van der Waals surface area contributed by atoms with Crippen LogP contribution in [-0.2, 0) is 13.4 Å². The van der Waals surface area contributed by atoms with Gasteiger partial charge >= 0.3 is 14.6 Å². The highest BCUT2D eigenvalue weighted by molar-refractivity contribution is 8.55. The first kappa shape index (κ1) is 28.6. The predicted molar refractivity (Wildman–Crippen MR) is 124 cm³/mol. The van der Waals surface area contributed by atoms with Crippen molar-refractivity contribution in [1.82, 2.24) is 0 Å². The first-order chi connectivity index (χ1) is 13.3. The Morgan fingerprint density at radius 3 is 1.59 bits per heavy atom. The zero-order chi connectivity index (χ0) is 22.5. The van der Waals surface area contributed by atoms with E-state index in [1.54, 1.807) is 6.08 Å². The van der Waals surface area contributed by atoms with Crippen LogP contribution in [0, 0.1) is 0 Å². The van der Waals surface area contributed by atoms with Gasteiger partial charge in [-0.05, 0) is 84.5 Å². The quantitative estimate of drug-likeness (QED) is 0.186. The summed E-state index contributed by atoms with van der Waals surface area (Å²) in [6.45, 7) is 6.12. The largest absolute Gasteiger partial charge is 0.477 e. The Morgan fingerprint density at radius 2 is 1.17 bits per heavy atom. The Labute approximate surface area is 179 Å². The fraction of sp³-hybridized carbons (Fsp3) is 0.600.